The molecule has 2 heterocycles. The van der Waals surface area contributed by atoms with Gasteiger partial charge in [-0.05, 0) is 29.6 Å². The monoisotopic (exact) mass is 367 g/mol. The molecule has 124 valence electrons. The molecule has 0 saturated carbocycles. The molecule has 0 fully saturated rings. The van der Waals surface area contributed by atoms with Gasteiger partial charge in [-0.3, -0.25) is 18.7 Å². The molecule has 0 unspecified atom stereocenters. The maximum Gasteiger partial charge on any atom is 0.331 e. The first-order valence-electron chi connectivity index (χ1n) is 6.80. The molecule has 1 N–H and O–H groups in total. The standard InChI is InChI=1S/C15H11ClFN3O3S/c1-19-14(22)13-11(4-5-24-13)20(15(19)23)7-12(21)18-8-2-3-10(17)9(16)6-8/h2-6H,7H2,1H3,(H,18,21). The van der Waals surface area contributed by atoms with Gasteiger partial charge in [-0.25, -0.2) is 9.18 Å². The molecule has 0 spiro atoms. The van der Waals surface area contributed by atoms with E-state index in [1.165, 1.54) is 35.1 Å². The summed E-state index contributed by atoms with van der Waals surface area (Å²) in [5, 5.41) is 4.10. The fourth-order valence-corrected chi connectivity index (χ4v) is 3.32. The first-order valence-corrected chi connectivity index (χ1v) is 8.06. The first-order chi connectivity index (χ1) is 11.4. The summed E-state index contributed by atoms with van der Waals surface area (Å²) < 4.78 is 15.7. The molecular weight excluding hydrogens is 357 g/mol. The van der Waals surface area contributed by atoms with E-state index >= 15 is 0 Å². The zero-order valence-corrected chi connectivity index (χ0v) is 13.9. The Morgan fingerprint density at radius 2 is 2.08 bits per heavy atom. The van der Waals surface area contributed by atoms with Crippen LogP contribution in [0.15, 0.2) is 39.2 Å². The van der Waals surface area contributed by atoms with Crippen molar-refractivity contribution in [3.8, 4) is 0 Å². The highest BCUT2D eigenvalue weighted by atomic mass is 35.5. The Kier molecular flexibility index (Phi) is 4.25. The van der Waals surface area contributed by atoms with Gasteiger partial charge in [0.2, 0.25) is 5.91 Å². The Morgan fingerprint density at radius 3 is 2.79 bits per heavy atom. The second-order valence-corrected chi connectivity index (χ2v) is 6.37. The lowest BCUT2D eigenvalue weighted by Gasteiger charge is -2.10. The molecule has 0 atom stereocenters. The second kappa shape index (κ2) is 6.21. The number of benzene rings is 1. The minimum absolute atomic E-state index is 0.118. The van der Waals surface area contributed by atoms with Crippen LogP contribution in [0.5, 0.6) is 0 Å². The van der Waals surface area contributed by atoms with Crippen LogP contribution in [0.25, 0.3) is 10.2 Å². The van der Waals surface area contributed by atoms with Crippen LogP contribution in [0.4, 0.5) is 10.1 Å². The van der Waals surface area contributed by atoms with Crippen molar-refractivity contribution < 1.29 is 9.18 Å². The molecule has 2 aromatic heterocycles. The number of amides is 1. The third-order valence-corrected chi connectivity index (χ3v) is 4.64. The van der Waals surface area contributed by atoms with Crippen LogP contribution in [0, 0.1) is 5.82 Å². The van der Waals surface area contributed by atoms with Crippen molar-refractivity contribution in [3.63, 3.8) is 0 Å². The molecule has 0 aliphatic carbocycles. The molecule has 6 nitrogen and oxygen atoms in total. The number of carbonyl (C=O) groups is 1. The fourth-order valence-electron chi connectivity index (χ4n) is 2.27. The Labute approximate surface area is 143 Å². The van der Waals surface area contributed by atoms with E-state index in [1.54, 1.807) is 11.4 Å². The molecule has 24 heavy (non-hydrogen) atoms. The Morgan fingerprint density at radius 1 is 1.33 bits per heavy atom. The van der Waals surface area contributed by atoms with Crippen LogP contribution in [-0.2, 0) is 18.4 Å². The Balaban J connectivity index is 1.94. The predicted molar refractivity (Wildman–Crippen MR) is 91.4 cm³/mol. The van der Waals surface area contributed by atoms with Gasteiger partial charge >= 0.3 is 5.69 Å². The van der Waals surface area contributed by atoms with Crippen molar-refractivity contribution in [2.24, 2.45) is 7.05 Å². The molecule has 0 aliphatic rings. The number of thiophene rings is 1. The molecular formula is C15H11ClFN3O3S. The summed E-state index contributed by atoms with van der Waals surface area (Å²) in [6.45, 7) is -0.283. The number of aromatic nitrogens is 2. The molecule has 1 amide bonds. The number of anilines is 1. The third kappa shape index (κ3) is 2.85. The van der Waals surface area contributed by atoms with E-state index < -0.39 is 23.0 Å². The highest BCUT2D eigenvalue weighted by Crippen LogP contribution is 2.19. The number of fused-ring (bicyclic) bond motifs is 1. The van der Waals surface area contributed by atoms with E-state index in [2.05, 4.69) is 5.32 Å². The van der Waals surface area contributed by atoms with Crippen LogP contribution < -0.4 is 16.6 Å². The lowest BCUT2D eigenvalue weighted by atomic mass is 10.3. The Hall–Kier alpha value is -2.45. The van der Waals surface area contributed by atoms with E-state index in [0.29, 0.717) is 15.9 Å². The third-order valence-electron chi connectivity index (χ3n) is 3.46. The van der Waals surface area contributed by atoms with E-state index in [0.717, 1.165) is 10.6 Å². The van der Waals surface area contributed by atoms with E-state index in [1.807, 2.05) is 0 Å². The summed E-state index contributed by atoms with van der Waals surface area (Å²) in [5.74, 6) is -1.09. The summed E-state index contributed by atoms with van der Waals surface area (Å²) in [7, 11) is 1.36. The lowest BCUT2D eigenvalue weighted by molar-refractivity contribution is -0.116. The van der Waals surface area contributed by atoms with Crippen LogP contribution >= 0.6 is 22.9 Å². The summed E-state index contributed by atoms with van der Waals surface area (Å²) in [4.78, 5) is 36.5. The molecule has 0 saturated heterocycles. The van der Waals surface area contributed by atoms with Gasteiger partial charge in [-0.2, -0.15) is 0 Å². The van der Waals surface area contributed by atoms with Crippen LogP contribution in [0.1, 0.15) is 0 Å². The molecule has 0 radical (unpaired) electrons. The predicted octanol–water partition coefficient (Wildman–Crippen LogP) is 2.19. The molecule has 3 rings (SSSR count). The minimum atomic E-state index is -0.594. The van der Waals surface area contributed by atoms with Gasteiger partial charge in [0.15, 0.2) is 0 Å². The number of rotatable bonds is 3. The summed E-state index contributed by atoms with van der Waals surface area (Å²) in [6.07, 6.45) is 0. The van der Waals surface area contributed by atoms with Gasteiger partial charge in [0.1, 0.15) is 17.1 Å². The molecule has 9 heteroatoms. The number of nitrogens with zero attached hydrogens (tertiary/aromatic N) is 2. The topological polar surface area (TPSA) is 73.1 Å². The summed E-state index contributed by atoms with van der Waals surface area (Å²) in [5.41, 5.74) is -0.267. The Bertz CT molecular complexity index is 1070. The quantitative estimate of drug-likeness (QED) is 0.771. The van der Waals surface area contributed by atoms with Crippen LogP contribution in [-0.4, -0.2) is 15.0 Å². The highest BCUT2D eigenvalue weighted by molar-refractivity contribution is 7.17. The van der Waals surface area contributed by atoms with Crippen molar-refractivity contribution in [2.45, 2.75) is 6.54 Å². The molecule has 0 bridgehead atoms. The number of halogens is 2. The van der Waals surface area contributed by atoms with Crippen molar-refractivity contribution in [2.75, 3.05) is 5.32 Å². The highest BCUT2D eigenvalue weighted by Gasteiger charge is 2.14. The molecule has 3 aromatic rings. The number of nitrogens with one attached hydrogen (secondary N) is 1. The zero-order valence-electron chi connectivity index (χ0n) is 12.4. The first kappa shape index (κ1) is 16.4. The van der Waals surface area contributed by atoms with Gasteiger partial charge in [-0.1, -0.05) is 11.6 Å². The van der Waals surface area contributed by atoms with Crippen molar-refractivity contribution in [3.05, 3.63) is 61.3 Å². The average Bonchev–Trinajstić information content (AvgIpc) is 3.02. The average molecular weight is 368 g/mol. The summed E-state index contributed by atoms with van der Waals surface area (Å²) in [6, 6.07) is 5.39. The van der Waals surface area contributed by atoms with Gasteiger partial charge in [-0.15, -0.1) is 11.3 Å². The van der Waals surface area contributed by atoms with E-state index in [-0.39, 0.29) is 11.6 Å². The number of hydrogen-bond donors (Lipinski definition) is 1. The van der Waals surface area contributed by atoms with Gasteiger partial charge in [0.25, 0.3) is 5.56 Å². The zero-order chi connectivity index (χ0) is 17.4. The summed E-state index contributed by atoms with van der Waals surface area (Å²) >= 11 is 6.87. The lowest BCUT2D eigenvalue weighted by Crippen LogP contribution is -2.39. The largest absolute Gasteiger partial charge is 0.331 e. The second-order valence-electron chi connectivity index (χ2n) is 5.04. The SMILES string of the molecule is Cn1c(=O)c2sccc2n(CC(=O)Nc2ccc(F)c(Cl)c2)c1=O. The van der Waals surface area contributed by atoms with Gasteiger partial charge in [0.05, 0.1) is 10.5 Å². The van der Waals surface area contributed by atoms with Gasteiger partial charge < -0.3 is 5.32 Å². The maximum atomic E-state index is 13.1. The number of carbonyl (C=O) groups excluding carboxylic acids is 1. The van der Waals surface area contributed by atoms with Crippen LogP contribution in [0.3, 0.4) is 0 Å². The van der Waals surface area contributed by atoms with Crippen molar-refractivity contribution in [1.29, 1.82) is 0 Å². The normalized spacial score (nSPS) is 11.0. The van der Waals surface area contributed by atoms with E-state index in [9.17, 15) is 18.8 Å². The number of hydrogen-bond acceptors (Lipinski definition) is 4. The van der Waals surface area contributed by atoms with E-state index in [4.69, 9.17) is 11.6 Å². The van der Waals surface area contributed by atoms with Gasteiger partial charge in [0, 0.05) is 12.7 Å². The smallest absolute Gasteiger partial charge is 0.324 e. The van der Waals surface area contributed by atoms with Crippen LogP contribution in [0.2, 0.25) is 5.02 Å². The fraction of sp³-hybridized carbons (Fsp3) is 0.133. The van der Waals surface area contributed by atoms with Crippen molar-refractivity contribution in [1.82, 2.24) is 9.13 Å². The van der Waals surface area contributed by atoms with Crippen molar-refractivity contribution >= 4 is 44.7 Å². The maximum absolute atomic E-state index is 13.1. The molecule has 1 aromatic carbocycles. The molecule has 0 aliphatic heterocycles. The minimum Gasteiger partial charge on any atom is -0.324 e.